The smallest absolute Gasteiger partial charge is 0.360 e. The summed E-state index contributed by atoms with van der Waals surface area (Å²) in [7, 11) is 2.09. The highest BCUT2D eigenvalue weighted by molar-refractivity contribution is 5.87. The molecule has 0 radical (unpaired) electrons. The third kappa shape index (κ3) is 2.64. The van der Waals surface area contributed by atoms with E-state index in [2.05, 4.69) is 28.8 Å². The molecule has 1 unspecified atom stereocenters. The van der Waals surface area contributed by atoms with Gasteiger partial charge in [-0.25, -0.2) is 4.79 Å². The molecule has 1 aliphatic rings. The predicted octanol–water partition coefficient (Wildman–Crippen LogP) is 0.992. The zero-order valence-electron chi connectivity index (χ0n) is 11.0. The number of nitrogens with zero attached hydrogens (tertiary/aromatic N) is 3. The Hall–Kier alpha value is -1.56. The lowest BCUT2D eigenvalue weighted by atomic mass is 10.2. The number of carbonyl (C=O) groups is 1. The molecule has 0 aliphatic carbocycles. The fraction of sp³-hybridized carbons (Fsp3) is 0.667. The van der Waals surface area contributed by atoms with Gasteiger partial charge in [0.25, 0.3) is 6.01 Å². The zero-order chi connectivity index (χ0) is 13.1. The first-order chi connectivity index (χ1) is 8.61. The summed E-state index contributed by atoms with van der Waals surface area (Å²) in [5.74, 6) is -0.436. The monoisotopic (exact) mass is 253 g/mol. The van der Waals surface area contributed by atoms with E-state index < -0.39 is 5.97 Å². The topological polar surface area (TPSA) is 58.8 Å². The molecule has 1 aromatic heterocycles. The molecule has 0 spiro atoms. The first-order valence-electron chi connectivity index (χ1n) is 6.19. The van der Waals surface area contributed by atoms with E-state index in [9.17, 15) is 4.79 Å². The van der Waals surface area contributed by atoms with E-state index in [-0.39, 0.29) is 5.69 Å². The molecule has 18 heavy (non-hydrogen) atoms. The fourth-order valence-electron chi connectivity index (χ4n) is 2.12. The maximum Gasteiger partial charge on any atom is 0.360 e. The third-order valence-electron chi connectivity index (χ3n) is 3.05. The molecule has 1 fully saturated rings. The van der Waals surface area contributed by atoms with Crippen LogP contribution in [0.5, 0.6) is 0 Å². The molecule has 0 amide bonds. The molecular formula is C12H19N3O3. The van der Waals surface area contributed by atoms with E-state index in [4.69, 9.17) is 9.15 Å². The predicted molar refractivity (Wildman–Crippen MR) is 66.8 cm³/mol. The summed E-state index contributed by atoms with van der Waals surface area (Å²) >= 11 is 0. The van der Waals surface area contributed by atoms with E-state index in [1.807, 2.05) is 0 Å². The summed E-state index contributed by atoms with van der Waals surface area (Å²) in [6.07, 6.45) is 1.36. The molecule has 0 N–H and O–H groups in total. The highest BCUT2D eigenvalue weighted by atomic mass is 16.5. The Morgan fingerprint density at radius 1 is 1.61 bits per heavy atom. The van der Waals surface area contributed by atoms with Gasteiger partial charge in [0, 0.05) is 25.7 Å². The van der Waals surface area contributed by atoms with Gasteiger partial charge in [-0.05, 0) is 20.9 Å². The lowest BCUT2D eigenvalue weighted by Gasteiger charge is -2.37. The molecule has 6 nitrogen and oxygen atoms in total. The number of hydrogen-bond donors (Lipinski definition) is 0. The van der Waals surface area contributed by atoms with Crippen molar-refractivity contribution in [1.29, 1.82) is 0 Å². The number of esters is 1. The number of likely N-dealkylation sites (N-methyl/N-ethyl adjacent to an activating group) is 1. The maximum absolute atomic E-state index is 11.5. The van der Waals surface area contributed by atoms with Crippen LogP contribution < -0.4 is 4.90 Å². The van der Waals surface area contributed by atoms with Crippen LogP contribution in [0.3, 0.4) is 0 Å². The SMILES string of the molecule is CCOC(=O)c1coc(N2CCN(C)CC2C)n1. The zero-order valence-corrected chi connectivity index (χ0v) is 11.0. The second kappa shape index (κ2) is 5.39. The van der Waals surface area contributed by atoms with Crippen molar-refractivity contribution in [3.8, 4) is 0 Å². The van der Waals surface area contributed by atoms with Gasteiger partial charge in [0.05, 0.1) is 6.61 Å². The number of aromatic nitrogens is 1. The van der Waals surface area contributed by atoms with Gasteiger partial charge in [-0.15, -0.1) is 0 Å². The molecule has 0 bridgehead atoms. The van der Waals surface area contributed by atoms with E-state index in [1.54, 1.807) is 6.92 Å². The number of carbonyl (C=O) groups excluding carboxylic acids is 1. The Labute approximate surface area is 107 Å². The Kier molecular flexibility index (Phi) is 3.86. The number of anilines is 1. The van der Waals surface area contributed by atoms with Crippen LogP contribution in [0.2, 0.25) is 0 Å². The van der Waals surface area contributed by atoms with Crippen LogP contribution in [0.15, 0.2) is 10.7 Å². The summed E-state index contributed by atoms with van der Waals surface area (Å²) < 4.78 is 10.3. The van der Waals surface area contributed by atoms with Crippen LogP contribution in [0.25, 0.3) is 0 Å². The van der Waals surface area contributed by atoms with Crippen LogP contribution in [0.1, 0.15) is 24.3 Å². The quantitative estimate of drug-likeness (QED) is 0.749. The number of rotatable bonds is 3. The molecule has 1 aliphatic heterocycles. The van der Waals surface area contributed by atoms with Gasteiger partial charge < -0.3 is 19.0 Å². The van der Waals surface area contributed by atoms with Crippen molar-refractivity contribution in [2.24, 2.45) is 0 Å². The molecule has 2 heterocycles. The fourth-order valence-corrected chi connectivity index (χ4v) is 2.12. The average molecular weight is 253 g/mol. The maximum atomic E-state index is 11.5. The summed E-state index contributed by atoms with van der Waals surface area (Å²) in [5, 5.41) is 0. The number of oxazole rings is 1. The van der Waals surface area contributed by atoms with Crippen molar-refractivity contribution < 1.29 is 13.9 Å². The molecule has 2 rings (SSSR count). The molecule has 6 heteroatoms. The van der Waals surface area contributed by atoms with Crippen molar-refractivity contribution in [3.05, 3.63) is 12.0 Å². The molecular weight excluding hydrogens is 234 g/mol. The Balaban J connectivity index is 2.07. The van der Waals surface area contributed by atoms with Crippen LogP contribution >= 0.6 is 0 Å². The Bertz CT molecular complexity index is 418. The van der Waals surface area contributed by atoms with Gasteiger partial charge in [0.2, 0.25) is 0 Å². The summed E-state index contributed by atoms with van der Waals surface area (Å²) in [6.45, 7) is 6.98. The van der Waals surface area contributed by atoms with Crippen molar-refractivity contribution in [2.45, 2.75) is 19.9 Å². The van der Waals surface area contributed by atoms with Crippen molar-refractivity contribution in [3.63, 3.8) is 0 Å². The van der Waals surface area contributed by atoms with Gasteiger partial charge in [-0.3, -0.25) is 0 Å². The lowest BCUT2D eigenvalue weighted by Crippen LogP contribution is -2.50. The first kappa shape index (κ1) is 12.9. The minimum atomic E-state index is -0.436. The van der Waals surface area contributed by atoms with Gasteiger partial charge in [0.1, 0.15) is 6.26 Å². The molecule has 1 aromatic rings. The lowest BCUT2D eigenvalue weighted by molar-refractivity contribution is 0.0519. The highest BCUT2D eigenvalue weighted by Crippen LogP contribution is 2.19. The minimum Gasteiger partial charge on any atom is -0.461 e. The van der Waals surface area contributed by atoms with E-state index >= 15 is 0 Å². The minimum absolute atomic E-state index is 0.234. The standard InChI is InChI=1S/C12H19N3O3/c1-4-17-11(16)10-8-18-12(13-10)15-6-5-14(3)7-9(15)2/h8-9H,4-7H2,1-3H3. The second-order valence-electron chi connectivity index (χ2n) is 4.54. The van der Waals surface area contributed by atoms with Crippen LogP contribution in [0, 0.1) is 0 Å². The van der Waals surface area contributed by atoms with E-state index in [1.165, 1.54) is 6.26 Å². The summed E-state index contributed by atoms with van der Waals surface area (Å²) in [4.78, 5) is 20.0. The molecule has 1 atom stereocenters. The number of ether oxygens (including phenoxy) is 1. The van der Waals surface area contributed by atoms with Gasteiger partial charge in [-0.2, -0.15) is 4.98 Å². The Morgan fingerprint density at radius 2 is 2.39 bits per heavy atom. The Morgan fingerprint density at radius 3 is 3.06 bits per heavy atom. The van der Waals surface area contributed by atoms with Crippen molar-refractivity contribution >= 4 is 12.0 Å². The molecule has 0 saturated carbocycles. The van der Waals surface area contributed by atoms with Crippen LogP contribution in [-0.4, -0.2) is 55.2 Å². The third-order valence-corrected chi connectivity index (χ3v) is 3.05. The normalized spacial score (nSPS) is 21.1. The van der Waals surface area contributed by atoms with Gasteiger partial charge in [0.15, 0.2) is 5.69 Å². The van der Waals surface area contributed by atoms with Gasteiger partial charge in [-0.1, -0.05) is 0 Å². The summed E-state index contributed by atoms with van der Waals surface area (Å²) in [5.41, 5.74) is 0.234. The van der Waals surface area contributed by atoms with Crippen LogP contribution in [-0.2, 0) is 4.74 Å². The van der Waals surface area contributed by atoms with Gasteiger partial charge >= 0.3 is 5.97 Å². The first-order valence-corrected chi connectivity index (χ1v) is 6.19. The second-order valence-corrected chi connectivity index (χ2v) is 4.54. The average Bonchev–Trinajstić information content (AvgIpc) is 2.78. The van der Waals surface area contributed by atoms with E-state index in [0.29, 0.717) is 18.7 Å². The van der Waals surface area contributed by atoms with Crippen molar-refractivity contribution in [2.75, 3.05) is 38.2 Å². The summed E-state index contributed by atoms with van der Waals surface area (Å²) in [6, 6.07) is 0.816. The number of hydrogen-bond acceptors (Lipinski definition) is 6. The van der Waals surface area contributed by atoms with Crippen molar-refractivity contribution in [1.82, 2.24) is 9.88 Å². The molecule has 0 aromatic carbocycles. The highest BCUT2D eigenvalue weighted by Gasteiger charge is 2.26. The molecule has 1 saturated heterocycles. The molecule has 100 valence electrons. The number of piperazine rings is 1. The largest absolute Gasteiger partial charge is 0.461 e. The van der Waals surface area contributed by atoms with Crippen LogP contribution in [0.4, 0.5) is 6.01 Å². The van der Waals surface area contributed by atoms with E-state index in [0.717, 1.165) is 19.6 Å².